The van der Waals surface area contributed by atoms with Crippen LogP contribution >= 0.6 is 11.3 Å². The van der Waals surface area contributed by atoms with Crippen LogP contribution in [0, 0.1) is 0 Å². The van der Waals surface area contributed by atoms with Crippen molar-refractivity contribution < 1.29 is 9.84 Å². The molecule has 0 aliphatic rings. The Labute approximate surface area is 122 Å². The minimum atomic E-state index is 0.0183. The first-order chi connectivity index (χ1) is 9.83. The smallest absolute Gasteiger partial charge is 0.128 e. The highest BCUT2D eigenvalue weighted by Crippen LogP contribution is 2.40. The Morgan fingerprint density at radius 2 is 1.95 bits per heavy atom. The molecule has 0 saturated carbocycles. The lowest BCUT2D eigenvalue weighted by Crippen LogP contribution is -1.96. The summed E-state index contributed by atoms with van der Waals surface area (Å²) in [5, 5.41) is 10.8. The molecule has 0 atom stereocenters. The van der Waals surface area contributed by atoms with Crippen LogP contribution < -0.4 is 4.74 Å². The summed E-state index contributed by atoms with van der Waals surface area (Å²) < 4.78 is 6.97. The van der Waals surface area contributed by atoms with Crippen molar-refractivity contribution >= 4 is 21.4 Å². The van der Waals surface area contributed by atoms with Crippen LogP contribution in [0.1, 0.15) is 12.5 Å². The topological polar surface area (TPSA) is 29.5 Å². The first-order valence-corrected chi connectivity index (χ1v) is 7.49. The Kier molecular flexibility index (Phi) is 3.72. The molecule has 2 nitrogen and oxygen atoms in total. The van der Waals surface area contributed by atoms with Gasteiger partial charge in [-0.25, -0.2) is 0 Å². The zero-order valence-electron chi connectivity index (χ0n) is 11.3. The number of aliphatic hydroxyl groups is 1. The van der Waals surface area contributed by atoms with Crippen molar-refractivity contribution in [1.82, 2.24) is 0 Å². The lowest BCUT2D eigenvalue weighted by Gasteiger charge is -2.12. The highest BCUT2D eigenvalue weighted by molar-refractivity contribution is 7.22. The summed E-state index contributed by atoms with van der Waals surface area (Å²) in [6.07, 6.45) is 0. The van der Waals surface area contributed by atoms with E-state index in [1.54, 1.807) is 11.3 Å². The summed E-state index contributed by atoms with van der Waals surface area (Å²) in [5.41, 5.74) is 1.92. The van der Waals surface area contributed by atoms with E-state index in [4.69, 9.17) is 4.74 Å². The average molecular weight is 284 g/mol. The predicted octanol–water partition coefficient (Wildman–Crippen LogP) is 4.46. The largest absolute Gasteiger partial charge is 0.493 e. The molecular weight excluding hydrogens is 268 g/mol. The van der Waals surface area contributed by atoms with Gasteiger partial charge in [-0.15, -0.1) is 11.3 Å². The summed E-state index contributed by atoms with van der Waals surface area (Å²) in [7, 11) is 0. The third kappa shape index (κ3) is 2.30. The standard InChI is InChI=1S/C17H16O2S/c1-2-19-14-8-5-7-13(11-18)17(14)16-10-12-6-3-4-9-15(12)20-16/h3-10,18H,2,11H2,1H3. The van der Waals surface area contributed by atoms with Crippen molar-refractivity contribution in [2.45, 2.75) is 13.5 Å². The molecule has 3 rings (SSSR count). The lowest BCUT2D eigenvalue weighted by molar-refractivity contribution is 0.281. The Hall–Kier alpha value is -1.84. The molecule has 0 unspecified atom stereocenters. The molecule has 3 heteroatoms. The second-order valence-corrected chi connectivity index (χ2v) is 5.61. The summed E-state index contributed by atoms with van der Waals surface area (Å²) >= 11 is 1.73. The molecule has 0 bridgehead atoms. The molecule has 0 aliphatic carbocycles. The monoisotopic (exact) mass is 284 g/mol. The molecule has 1 aromatic heterocycles. The highest BCUT2D eigenvalue weighted by Gasteiger charge is 2.14. The molecule has 3 aromatic rings. The normalized spacial score (nSPS) is 10.9. The van der Waals surface area contributed by atoms with Crippen LogP contribution in [0.2, 0.25) is 0 Å². The summed E-state index contributed by atoms with van der Waals surface area (Å²) in [6.45, 7) is 2.61. The summed E-state index contributed by atoms with van der Waals surface area (Å²) in [6, 6.07) is 16.3. The maximum atomic E-state index is 9.60. The van der Waals surface area contributed by atoms with Gasteiger partial charge in [0, 0.05) is 15.1 Å². The number of aliphatic hydroxyl groups excluding tert-OH is 1. The van der Waals surface area contributed by atoms with Crippen molar-refractivity contribution in [2.75, 3.05) is 6.61 Å². The van der Waals surface area contributed by atoms with Crippen LogP contribution in [0.4, 0.5) is 0 Å². The Morgan fingerprint density at radius 1 is 1.10 bits per heavy atom. The van der Waals surface area contributed by atoms with E-state index in [-0.39, 0.29) is 6.61 Å². The van der Waals surface area contributed by atoms with Gasteiger partial charge in [0.1, 0.15) is 5.75 Å². The Morgan fingerprint density at radius 3 is 2.70 bits per heavy atom. The molecule has 0 saturated heterocycles. The van der Waals surface area contributed by atoms with Crippen LogP contribution in [0.3, 0.4) is 0 Å². The third-order valence-electron chi connectivity index (χ3n) is 3.25. The van der Waals surface area contributed by atoms with Crippen molar-refractivity contribution in [1.29, 1.82) is 0 Å². The van der Waals surface area contributed by atoms with Gasteiger partial charge in [0.25, 0.3) is 0 Å². The van der Waals surface area contributed by atoms with E-state index in [0.717, 1.165) is 21.8 Å². The fraction of sp³-hybridized carbons (Fsp3) is 0.176. The Balaban J connectivity index is 2.21. The maximum Gasteiger partial charge on any atom is 0.128 e. The van der Waals surface area contributed by atoms with E-state index in [2.05, 4.69) is 18.2 Å². The molecule has 1 heterocycles. The quantitative estimate of drug-likeness (QED) is 0.766. The highest BCUT2D eigenvalue weighted by atomic mass is 32.1. The van der Waals surface area contributed by atoms with Crippen LogP contribution in [-0.4, -0.2) is 11.7 Å². The summed E-state index contributed by atoms with van der Waals surface area (Å²) in [5.74, 6) is 0.839. The zero-order chi connectivity index (χ0) is 13.9. The van der Waals surface area contributed by atoms with Gasteiger partial charge in [0.15, 0.2) is 0 Å². The van der Waals surface area contributed by atoms with Gasteiger partial charge in [0.05, 0.1) is 13.2 Å². The zero-order valence-corrected chi connectivity index (χ0v) is 12.1. The minimum absolute atomic E-state index is 0.0183. The number of benzene rings is 2. The Bertz CT molecular complexity index is 698. The van der Waals surface area contributed by atoms with Gasteiger partial charge in [0.2, 0.25) is 0 Å². The SMILES string of the molecule is CCOc1cccc(CO)c1-c1cc2ccccc2s1. The number of fused-ring (bicyclic) bond motifs is 1. The molecule has 1 N–H and O–H groups in total. The number of ether oxygens (including phenoxy) is 1. The van der Waals surface area contributed by atoms with E-state index in [9.17, 15) is 5.11 Å². The minimum Gasteiger partial charge on any atom is -0.493 e. The van der Waals surface area contributed by atoms with Crippen LogP contribution in [0.15, 0.2) is 48.5 Å². The number of hydrogen-bond acceptors (Lipinski definition) is 3. The van der Waals surface area contributed by atoms with E-state index in [1.165, 1.54) is 10.1 Å². The number of rotatable bonds is 4. The van der Waals surface area contributed by atoms with Gasteiger partial charge in [-0.1, -0.05) is 30.3 Å². The lowest BCUT2D eigenvalue weighted by atomic mass is 10.0. The van der Waals surface area contributed by atoms with E-state index in [1.807, 2.05) is 37.3 Å². The van der Waals surface area contributed by atoms with E-state index in [0.29, 0.717) is 6.61 Å². The van der Waals surface area contributed by atoms with Crippen LogP contribution in [-0.2, 0) is 6.61 Å². The first kappa shape index (κ1) is 13.2. The molecule has 102 valence electrons. The molecule has 0 fully saturated rings. The van der Waals surface area contributed by atoms with Crippen LogP contribution in [0.25, 0.3) is 20.5 Å². The van der Waals surface area contributed by atoms with E-state index >= 15 is 0 Å². The maximum absolute atomic E-state index is 9.60. The average Bonchev–Trinajstić information content (AvgIpc) is 2.90. The van der Waals surface area contributed by atoms with Gasteiger partial charge in [-0.2, -0.15) is 0 Å². The third-order valence-corrected chi connectivity index (χ3v) is 4.39. The van der Waals surface area contributed by atoms with Crippen molar-refractivity contribution in [3.63, 3.8) is 0 Å². The van der Waals surface area contributed by atoms with Gasteiger partial charge < -0.3 is 9.84 Å². The van der Waals surface area contributed by atoms with Gasteiger partial charge >= 0.3 is 0 Å². The fourth-order valence-corrected chi connectivity index (χ4v) is 3.52. The van der Waals surface area contributed by atoms with Gasteiger partial charge in [-0.05, 0) is 36.1 Å². The first-order valence-electron chi connectivity index (χ1n) is 6.68. The predicted molar refractivity (Wildman–Crippen MR) is 84.4 cm³/mol. The molecule has 0 amide bonds. The van der Waals surface area contributed by atoms with Crippen LogP contribution in [0.5, 0.6) is 5.75 Å². The second kappa shape index (κ2) is 5.65. The fourth-order valence-electron chi connectivity index (χ4n) is 2.37. The van der Waals surface area contributed by atoms with Crippen molar-refractivity contribution in [3.8, 4) is 16.2 Å². The molecular formula is C17H16O2S. The van der Waals surface area contributed by atoms with Gasteiger partial charge in [-0.3, -0.25) is 0 Å². The summed E-state index contributed by atoms with van der Waals surface area (Å²) in [4.78, 5) is 1.14. The number of thiophene rings is 1. The molecule has 0 spiro atoms. The van der Waals surface area contributed by atoms with Crippen molar-refractivity contribution in [2.24, 2.45) is 0 Å². The molecule has 0 radical (unpaired) electrons. The number of hydrogen-bond donors (Lipinski definition) is 1. The second-order valence-electron chi connectivity index (χ2n) is 4.53. The van der Waals surface area contributed by atoms with E-state index < -0.39 is 0 Å². The molecule has 0 aliphatic heterocycles. The molecule has 2 aromatic carbocycles. The van der Waals surface area contributed by atoms with Crippen molar-refractivity contribution in [3.05, 3.63) is 54.1 Å². The molecule has 20 heavy (non-hydrogen) atoms.